The zero-order valence-corrected chi connectivity index (χ0v) is 17.3. The van der Waals surface area contributed by atoms with Gasteiger partial charge in [-0.15, -0.1) is 24.2 Å². The standard InChI is InChI=1S/C17H23N3O3S2.ClH/c1-3-11-25(21,22)14-8-5-4-7-13(14)24-12(2)15-19-16(20-23-15)17(18)9-6-10-17;/h4-5,7-8,12H,3,6,9-11,18H2,1-2H3;1H. The van der Waals surface area contributed by atoms with Crippen LogP contribution >= 0.6 is 24.2 Å². The number of benzene rings is 1. The predicted octanol–water partition coefficient (Wildman–Crippen LogP) is 3.87. The van der Waals surface area contributed by atoms with Gasteiger partial charge in [-0.2, -0.15) is 4.98 Å². The highest BCUT2D eigenvalue weighted by Gasteiger charge is 2.39. The molecule has 1 atom stereocenters. The minimum absolute atomic E-state index is 0. The van der Waals surface area contributed by atoms with Gasteiger partial charge in [-0.3, -0.25) is 0 Å². The summed E-state index contributed by atoms with van der Waals surface area (Å²) in [6, 6.07) is 7.05. The third-order valence-electron chi connectivity index (χ3n) is 4.44. The van der Waals surface area contributed by atoms with Crippen molar-refractivity contribution in [3.05, 3.63) is 36.0 Å². The molecule has 0 aliphatic heterocycles. The molecule has 0 radical (unpaired) electrons. The fourth-order valence-corrected chi connectivity index (χ4v) is 5.67. The molecule has 1 aliphatic rings. The zero-order chi connectivity index (χ0) is 18.1. The monoisotopic (exact) mass is 417 g/mol. The van der Waals surface area contributed by atoms with Gasteiger partial charge in [-0.05, 0) is 44.7 Å². The molecule has 3 rings (SSSR count). The lowest BCUT2D eigenvalue weighted by atomic mass is 9.77. The van der Waals surface area contributed by atoms with E-state index >= 15 is 0 Å². The van der Waals surface area contributed by atoms with E-state index in [4.69, 9.17) is 10.3 Å². The number of rotatable bonds is 7. The molecule has 144 valence electrons. The van der Waals surface area contributed by atoms with Crippen molar-refractivity contribution < 1.29 is 12.9 Å². The summed E-state index contributed by atoms with van der Waals surface area (Å²) in [4.78, 5) is 5.52. The Balaban J connectivity index is 0.00000243. The summed E-state index contributed by atoms with van der Waals surface area (Å²) in [5.41, 5.74) is 5.77. The first-order valence-electron chi connectivity index (χ1n) is 8.47. The smallest absolute Gasteiger partial charge is 0.239 e. The van der Waals surface area contributed by atoms with Crippen LogP contribution in [0.1, 0.15) is 56.5 Å². The number of sulfone groups is 1. The molecule has 2 aromatic rings. The number of halogens is 1. The molecule has 1 aliphatic carbocycles. The van der Waals surface area contributed by atoms with E-state index in [9.17, 15) is 8.42 Å². The number of nitrogens with two attached hydrogens (primary N) is 1. The molecule has 0 bridgehead atoms. The first-order chi connectivity index (χ1) is 11.9. The zero-order valence-electron chi connectivity index (χ0n) is 14.8. The van der Waals surface area contributed by atoms with E-state index in [2.05, 4.69) is 10.1 Å². The first kappa shape index (κ1) is 21.2. The number of hydrogen-bond donors (Lipinski definition) is 1. The number of hydrogen-bond acceptors (Lipinski definition) is 7. The van der Waals surface area contributed by atoms with Crippen LogP contribution in [0.5, 0.6) is 0 Å². The molecule has 1 fully saturated rings. The van der Waals surface area contributed by atoms with Crippen molar-refractivity contribution in [2.75, 3.05) is 5.75 Å². The molecular formula is C17H24ClN3O3S2. The summed E-state index contributed by atoms with van der Waals surface area (Å²) in [7, 11) is -3.29. The Morgan fingerprint density at radius 1 is 1.35 bits per heavy atom. The van der Waals surface area contributed by atoms with Gasteiger partial charge in [0.2, 0.25) is 5.89 Å². The van der Waals surface area contributed by atoms with Crippen LogP contribution in [-0.2, 0) is 15.4 Å². The SMILES string of the molecule is CCCS(=O)(=O)c1ccccc1SC(C)c1nc(C2(N)CCC2)no1.Cl. The van der Waals surface area contributed by atoms with E-state index in [-0.39, 0.29) is 23.4 Å². The maximum absolute atomic E-state index is 12.5. The molecule has 6 nitrogen and oxygen atoms in total. The minimum Gasteiger partial charge on any atom is -0.338 e. The lowest BCUT2D eigenvalue weighted by Crippen LogP contribution is -2.44. The topological polar surface area (TPSA) is 99.1 Å². The average Bonchev–Trinajstić information content (AvgIpc) is 3.03. The van der Waals surface area contributed by atoms with Crippen molar-refractivity contribution >= 4 is 34.0 Å². The fourth-order valence-electron chi connectivity index (χ4n) is 2.81. The molecule has 1 unspecified atom stereocenters. The van der Waals surface area contributed by atoms with Gasteiger partial charge in [-0.1, -0.05) is 24.2 Å². The van der Waals surface area contributed by atoms with Crippen LogP contribution in [0.15, 0.2) is 38.6 Å². The highest BCUT2D eigenvalue weighted by molar-refractivity contribution is 8.00. The molecule has 0 spiro atoms. The predicted molar refractivity (Wildman–Crippen MR) is 104 cm³/mol. The molecular weight excluding hydrogens is 394 g/mol. The van der Waals surface area contributed by atoms with Crippen LogP contribution in [0.3, 0.4) is 0 Å². The molecule has 2 N–H and O–H groups in total. The number of aromatic nitrogens is 2. The van der Waals surface area contributed by atoms with Crippen molar-refractivity contribution in [1.29, 1.82) is 0 Å². The first-order valence-corrected chi connectivity index (χ1v) is 11.0. The minimum atomic E-state index is -3.29. The Hall–Kier alpha value is -1.09. The van der Waals surface area contributed by atoms with Gasteiger partial charge in [0.05, 0.1) is 21.4 Å². The largest absolute Gasteiger partial charge is 0.338 e. The van der Waals surface area contributed by atoms with Gasteiger partial charge in [0.15, 0.2) is 15.7 Å². The van der Waals surface area contributed by atoms with E-state index in [1.165, 1.54) is 11.8 Å². The normalized spacial score (nSPS) is 17.2. The maximum Gasteiger partial charge on any atom is 0.239 e. The Kier molecular flexibility index (Phi) is 6.76. The highest BCUT2D eigenvalue weighted by Crippen LogP contribution is 2.40. The van der Waals surface area contributed by atoms with Crippen molar-refractivity contribution in [3.8, 4) is 0 Å². The Labute approximate surface area is 164 Å². The van der Waals surface area contributed by atoms with Gasteiger partial charge in [0.25, 0.3) is 0 Å². The molecule has 0 saturated heterocycles. The Morgan fingerprint density at radius 3 is 2.65 bits per heavy atom. The lowest BCUT2D eigenvalue weighted by molar-refractivity contribution is 0.229. The van der Waals surface area contributed by atoms with Crippen molar-refractivity contribution in [2.45, 2.75) is 60.1 Å². The van der Waals surface area contributed by atoms with Crippen molar-refractivity contribution in [3.63, 3.8) is 0 Å². The van der Waals surface area contributed by atoms with E-state index in [1.807, 2.05) is 26.0 Å². The van der Waals surface area contributed by atoms with Crippen LogP contribution < -0.4 is 5.73 Å². The van der Waals surface area contributed by atoms with Gasteiger partial charge < -0.3 is 10.3 Å². The summed E-state index contributed by atoms with van der Waals surface area (Å²) in [6.45, 7) is 3.79. The van der Waals surface area contributed by atoms with Gasteiger partial charge in [0.1, 0.15) is 0 Å². The van der Waals surface area contributed by atoms with E-state index < -0.39 is 15.4 Å². The third kappa shape index (κ3) is 4.24. The lowest BCUT2D eigenvalue weighted by Gasteiger charge is -2.34. The van der Waals surface area contributed by atoms with Gasteiger partial charge in [-0.25, -0.2) is 8.42 Å². The molecule has 1 aromatic carbocycles. The summed E-state index contributed by atoms with van der Waals surface area (Å²) in [5.74, 6) is 1.16. The molecule has 9 heteroatoms. The number of thioether (sulfide) groups is 1. The second kappa shape index (κ2) is 8.29. The maximum atomic E-state index is 12.5. The molecule has 0 amide bonds. The van der Waals surface area contributed by atoms with Crippen LogP contribution in [0.4, 0.5) is 0 Å². The third-order valence-corrected chi connectivity index (χ3v) is 7.71. The van der Waals surface area contributed by atoms with Crippen LogP contribution in [0.2, 0.25) is 0 Å². The van der Waals surface area contributed by atoms with Gasteiger partial charge >= 0.3 is 0 Å². The average molecular weight is 418 g/mol. The second-order valence-corrected chi connectivity index (χ2v) is 9.95. The Bertz CT molecular complexity index is 850. The van der Waals surface area contributed by atoms with Gasteiger partial charge in [0, 0.05) is 4.90 Å². The second-order valence-electron chi connectivity index (χ2n) is 6.49. The van der Waals surface area contributed by atoms with E-state index in [0.717, 1.165) is 19.3 Å². The van der Waals surface area contributed by atoms with E-state index in [1.54, 1.807) is 12.1 Å². The van der Waals surface area contributed by atoms with Crippen LogP contribution in [0, 0.1) is 0 Å². The number of nitrogens with zero attached hydrogens (tertiary/aromatic N) is 2. The van der Waals surface area contributed by atoms with E-state index in [0.29, 0.717) is 27.9 Å². The van der Waals surface area contributed by atoms with Crippen LogP contribution in [-0.4, -0.2) is 24.3 Å². The highest BCUT2D eigenvalue weighted by atomic mass is 35.5. The molecule has 26 heavy (non-hydrogen) atoms. The summed E-state index contributed by atoms with van der Waals surface area (Å²) >= 11 is 1.41. The Morgan fingerprint density at radius 2 is 2.04 bits per heavy atom. The quantitative estimate of drug-likeness (QED) is 0.682. The van der Waals surface area contributed by atoms with Crippen LogP contribution in [0.25, 0.3) is 0 Å². The molecule has 1 saturated carbocycles. The summed E-state index contributed by atoms with van der Waals surface area (Å²) in [5, 5.41) is 3.87. The van der Waals surface area contributed by atoms with Crippen molar-refractivity contribution in [2.24, 2.45) is 5.73 Å². The molecule has 1 heterocycles. The van der Waals surface area contributed by atoms with Crippen molar-refractivity contribution in [1.82, 2.24) is 10.1 Å². The summed E-state index contributed by atoms with van der Waals surface area (Å²) in [6.07, 6.45) is 3.40. The summed E-state index contributed by atoms with van der Waals surface area (Å²) < 4.78 is 30.3. The molecule has 1 aromatic heterocycles. The fraction of sp³-hybridized carbons (Fsp3) is 0.529.